The van der Waals surface area contributed by atoms with Crippen LogP contribution in [0.1, 0.15) is 18.0 Å². The van der Waals surface area contributed by atoms with Crippen molar-refractivity contribution in [3.05, 3.63) is 58.5 Å². The number of nitrogens with one attached hydrogen (secondary N) is 1. The zero-order chi connectivity index (χ0) is 18.1. The summed E-state index contributed by atoms with van der Waals surface area (Å²) in [6.07, 6.45) is 0.655. The number of likely N-dealkylation sites (tertiary alicyclic amines) is 1. The molecule has 2 aromatic rings. The Morgan fingerprint density at radius 3 is 2.73 bits per heavy atom. The highest BCUT2D eigenvalue weighted by atomic mass is 16.3. The van der Waals surface area contributed by atoms with Crippen LogP contribution in [0.3, 0.4) is 0 Å². The fourth-order valence-electron chi connectivity index (χ4n) is 4.32. The first-order chi connectivity index (χ1) is 12.6. The molecule has 0 unspecified atom stereocenters. The van der Waals surface area contributed by atoms with Gasteiger partial charge in [-0.3, -0.25) is 9.69 Å². The Kier molecular flexibility index (Phi) is 4.70. The molecule has 6 heteroatoms. The Bertz CT molecular complexity index is 818. The first kappa shape index (κ1) is 17.1. The number of aromatic hydroxyl groups is 1. The molecule has 0 aliphatic carbocycles. The van der Waals surface area contributed by atoms with Crippen molar-refractivity contribution >= 4 is 5.69 Å². The number of benzene rings is 1. The number of phenols is 1. The molecule has 0 radical (unpaired) electrons. The van der Waals surface area contributed by atoms with Crippen LogP contribution < -0.4 is 10.9 Å². The third-order valence-corrected chi connectivity index (χ3v) is 5.43. The second kappa shape index (κ2) is 7.13. The third kappa shape index (κ3) is 3.61. The van der Waals surface area contributed by atoms with E-state index in [1.807, 2.05) is 10.6 Å². The summed E-state index contributed by atoms with van der Waals surface area (Å²) in [7, 11) is 0. The summed E-state index contributed by atoms with van der Waals surface area (Å²) in [5.74, 6) is 1.07. The van der Waals surface area contributed by atoms with Crippen molar-refractivity contribution in [1.29, 1.82) is 0 Å². The van der Waals surface area contributed by atoms with E-state index in [0.29, 0.717) is 24.9 Å². The van der Waals surface area contributed by atoms with Gasteiger partial charge in [-0.25, -0.2) is 0 Å². The summed E-state index contributed by atoms with van der Waals surface area (Å²) in [4.78, 5) is 14.4. The van der Waals surface area contributed by atoms with E-state index in [2.05, 4.69) is 16.3 Å². The van der Waals surface area contributed by atoms with Crippen molar-refractivity contribution in [2.24, 2.45) is 5.92 Å². The standard InChI is InChI=1S/C20H25N3O3/c24-17-6-4-16(5-7-17)21-9-18(25)13-22-10-14-8-15(12-22)19-2-1-3-20(26)23(19)11-14/h1-7,14-15,18,21,24-25H,8-13H2/t14-,15+,18+/m0/s1. The molecule has 2 aliphatic rings. The Hall–Kier alpha value is -2.31. The molecule has 0 amide bonds. The molecule has 0 saturated carbocycles. The molecule has 4 rings (SSSR count). The van der Waals surface area contributed by atoms with Gasteiger partial charge in [-0.2, -0.15) is 0 Å². The molecular weight excluding hydrogens is 330 g/mol. The van der Waals surface area contributed by atoms with Gasteiger partial charge in [0, 0.05) is 56.1 Å². The number of hydrogen-bond donors (Lipinski definition) is 3. The third-order valence-electron chi connectivity index (χ3n) is 5.43. The Morgan fingerprint density at radius 2 is 1.92 bits per heavy atom. The largest absolute Gasteiger partial charge is 0.508 e. The lowest BCUT2D eigenvalue weighted by molar-refractivity contribution is 0.0676. The van der Waals surface area contributed by atoms with E-state index >= 15 is 0 Å². The predicted molar refractivity (Wildman–Crippen MR) is 101 cm³/mol. The molecule has 3 atom stereocenters. The number of pyridine rings is 1. The molecule has 1 fully saturated rings. The van der Waals surface area contributed by atoms with Crippen molar-refractivity contribution in [2.75, 3.05) is 31.5 Å². The molecule has 1 saturated heterocycles. The number of piperidine rings is 1. The number of β-amino-alcohol motifs (C(OH)–C–C–N with tert-alkyl or cyclic N) is 1. The monoisotopic (exact) mass is 355 g/mol. The molecule has 2 aliphatic heterocycles. The normalized spacial score (nSPS) is 23.3. The van der Waals surface area contributed by atoms with E-state index in [0.717, 1.165) is 37.4 Å². The van der Waals surface area contributed by atoms with Gasteiger partial charge in [0.05, 0.1) is 6.10 Å². The number of aliphatic hydroxyl groups excluding tert-OH is 1. The van der Waals surface area contributed by atoms with E-state index in [4.69, 9.17) is 0 Å². The predicted octanol–water partition coefficient (Wildman–Crippen LogP) is 1.45. The number of aliphatic hydroxyl groups is 1. The Labute approximate surface area is 152 Å². The first-order valence-electron chi connectivity index (χ1n) is 9.21. The van der Waals surface area contributed by atoms with Crippen LogP contribution in [0, 0.1) is 5.92 Å². The summed E-state index contributed by atoms with van der Waals surface area (Å²) in [5, 5.41) is 22.9. The minimum absolute atomic E-state index is 0.101. The van der Waals surface area contributed by atoms with Gasteiger partial charge in [0.1, 0.15) is 5.75 Å². The molecule has 1 aromatic heterocycles. The van der Waals surface area contributed by atoms with Crippen LogP contribution in [0.15, 0.2) is 47.3 Å². The zero-order valence-electron chi connectivity index (χ0n) is 14.7. The van der Waals surface area contributed by atoms with Gasteiger partial charge in [-0.15, -0.1) is 0 Å². The van der Waals surface area contributed by atoms with Crippen molar-refractivity contribution < 1.29 is 10.2 Å². The maximum Gasteiger partial charge on any atom is 0.250 e. The number of anilines is 1. The van der Waals surface area contributed by atoms with Crippen molar-refractivity contribution in [3.63, 3.8) is 0 Å². The maximum atomic E-state index is 12.1. The number of nitrogens with zero attached hydrogens (tertiary/aromatic N) is 2. The van der Waals surface area contributed by atoms with Gasteiger partial charge in [-0.05, 0) is 42.7 Å². The van der Waals surface area contributed by atoms with Gasteiger partial charge >= 0.3 is 0 Å². The highest BCUT2D eigenvalue weighted by Gasteiger charge is 2.34. The van der Waals surface area contributed by atoms with Crippen LogP contribution in [-0.2, 0) is 6.54 Å². The van der Waals surface area contributed by atoms with Crippen molar-refractivity contribution in [2.45, 2.75) is 25.0 Å². The summed E-state index contributed by atoms with van der Waals surface area (Å²) in [6.45, 7) is 3.68. The van der Waals surface area contributed by atoms with Crippen LogP contribution in [0.25, 0.3) is 0 Å². The van der Waals surface area contributed by atoms with E-state index in [-0.39, 0.29) is 11.3 Å². The molecular formula is C20H25N3O3. The lowest BCUT2D eigenvalue weighted by Gasteiger charge is -2.43. The second-order valence-electron chi connectivity index (χ2n) is 7.50. The number of rotatable bonds is 5. The van der Waals surface area contributed by atoms with Gasteiger partial charge in [0.15, 0.2) is 0 Å². The fraction of sp³-hybridized carbons (Fsp3) is 0.450. The van der Waals surface area contributed by atoms with Gasteiger partial charge in [0.2, 0.25) is 0 Å². The van der Waals surface area contributed by atoms with E-state index in [1.54, 1.807) is 30.3 Å². The van der Waals surface area contributed by atoms with Crippen LogP contribution >= 0.6 is 0 Å². The van der Waals surface area contributed by atoms with Crippen LogP contribution in [0.5, 0.6) is 5.75 Å². The minimum Gasteiger partial charge on any atom is -0.508 e. The molecule has 138 valence electrons. The van der Waals surface area contributed by atoms with Crippen molar-refractivity contribution in [3.8, 4) is 5.75 Å². The summed E-state index contributed by atoms with van der Waals surface area (Å²) >= 11 is 0. The molecule has 2 bridgehead atoms. The van der Waals surface area contributed by atoms with Gasteiger partial charge in [-0.1, -0.05) is 6.07 Å². The maximum absolute atomic E-state index is 12.1. The fourth-order valence-corrected chi connectivity index (χ4v) is 4.32. The average molecular weight is 355 g/mol. The molecule has 3 heterocycles. The van der Waals surface area contributed by atoms with Crippen LogP contribution in [-0.4, -0.2) is 52.0 Å². The highest BCUT2D eigenvalue weighted by molar-refractivity contribution is 5.45. The molecule has 1 aromatic carbocycles. The summed E-state index contributed by atoms with van der Waals surface area (Å²) in [5.41, 5.74) is 2.12. The Balaban J connectivity index is 1.35. The Morgan fingerprint density at radius 1 is 1.12 bits per heavy atom. The van der Waals surface area contributed by atoms with Crippen LogP contribution in [0.4, 0.5) is 5.69 Å². The SMILES string of the molecule is O=c1cccc2n1C[C@H]1C[C@@H]2CN(C[C@H](O)CNc2ccc(O)cc2)C1. The summed E-state index contributed by atoms with van der Waals surface area (Å²) in [6, 6.07) is 12.4. The molecule has 6 nitrogen and oxygen atoms in total. The first-order valence-corrected chi connectivity index (χ1v) is 9.21. The highest BCUT2D eigenvalue weighted by Crippen LogP contribution is 2.34. The zero-order valence-corrected chi connectivity index (χ0v) is 14.7. The number of phenolic OH excluding ortho intramolecular Hbond substituents is 1. The molecule has 26 heavy (non-hydrogen) atoms. The van der Waals surface area contributed by atoms with Gasteiger partial charge < -0.3 is 20.1 Å². The number of hydrogen-bond acceptors (Lipinski definition) is 5. The van der Waals surface area contributed by atoms with Crippen LogP contribution in [0.2, 0.25) is 0 Å². The van der Waals surface area contributed by atoms with Crippen molar-refractivity contribution in [1.82, 2.24) is 9.47 Å². The van der Waals surface area contributed by atoms with Gasteiger partial charge in [0.25, 0.3) is 5.56 Å². The van der Waals surface area contributed by atoms with E-state index < -0.39 is 6.10 Å². The number of aromatic nitrogens is 1. The second-order valence-corrected chi connectivity index (χ2v) is 7.50. The molecule has 3 N–H and O–H groups in total. The quantitative estimate of drug-likeness (QED) is 0.708. The lowest BCUT2D eigenvalue weighted by atomic mass is 9.83. The summed E-state index contributed by atoms with van der Waals surface area (Å²) < 4.78 is 1.93. The van der Waals surface area contributed by atoms with E-state index in [1.165, 1.54) is 0 Å². The molecule has 0 spiro atoms. The van der Waals surface area contributed by atoms with E-state index in [9.17, 15) is 15.0 Å². The smallest absolute Gasteiger partial charge is 0.250 e. The lowest BCUT2D eigenvalue weighted by Crippen LogP contribution is -2.49. The average Bonchev–Trinajstić information content (AvgIpc) is 2.62. The number of fused-ring (bicyclic) bond motifs is 4. The topological polar surface area (TPSA) is 77.7 Å². The minimum atomic E-state index is -0.472.